The van der Waals surface area contributed by atoms with Crippen molar-refractivity contribution in [2.24, 2.45) is 0 Å². The van der Waals surface area contributed by atoms with Gasteiger partial charge < -0.3 is 9.47 Å². The Labute approximate surface area is 144 Å². The van der Waals surface area contributed by atoms with Crippen LogP contribution in [-0.2, 0) is 6.61 Å². The maximum absolute atomic E-state index is 10.8. The molecule has 2 aromatic carbocycles. The monoisotopic (exact) mass is 328 g/mol. The van der Waals surface area contributed by atoms with E-state index in [9.17, 15) is 4.91 Å². The molecule has 0 bridgehead atoms. The molecule has 0 aromatic heterocycles. The summed E-state index contributed by atoms with van der Waals surface area (Å²) in [4.78, 5) is 10.8. The topological polar surface area (TPSA) is 49.5 Å². The molecule has 0 saturated heterocycles. The first kappa shape index (κ1) is 21.2. The minimum absolute atomic E-state index is 0.0941. The van der Waals surface area contributed by atoms with Crippen LogP contribution in [0.3, 0.4) is 0 Å². The van der Waals surface area contributed by atoms with Crippen LogP contribution in [0.4, 0.5) is 5.69 Å². The van der Waals surface area contributed by atoms with Crippen molar-refractivity contribution in [3.63, 3.8) is 0 Å². The highest BCUT2D eigenvalue weighted by molar-refractivity contribution is 5.49. The summed E-state index contributed by atoms with van der Waals surface area (Å²) < 4.78 is 10.9. The van der Waals surface area contributed by atoms with Crippen molar-refractivity contribution in [3.05, 3.63) is 59.0 Å². The van der Waals surface area contributed by atoms with E-state index in [0.29, 0.717) is 23.8 Å². The summed E-state index contributed by atoms with van der Waals surface area (Å²) in [5.74, 6) is 3.34. The fourth-order valence-corrected chi connectivity index (χ4v) is 1.66. The van der Waals surface area contributed by atoms with Crippen molar-refractivity contribution in [2.45, 2.75) is 34.3 Å². The van der Waals surface area contributed by atoms with E-state index >= 15 is 0 Å². The van der Waals surface area contributed by atoms with Crippen LogP contribution in [0.2, 0.25) is 0 Å². The van der Waals surface area contributed by atoms with Gasteiger partial charge in [0.1, 0.15) is 19.0 Å². The number of benzene rings is 2. The zero-order valence-electron chi connectivity index (χ0n) is 14.8. The van der Waals surface area contributed by atoms with Crippen LogP contribution in [0.15, 0.2) is 48.5 Å². The smallest absolute Gasteiger partial charge is 0.295 e. The summed E-state index contributed by atoms with van der Waals surface area (Å²) in [6, 6.07) is 14.7. The van der Waals surface area contributed by atoms with Crippen molar-refractivity contribution >= 4 is 5.69 Å². The summed E-state index contributed by atoms with van der Waals surface area (Å²) in [5.41, 5.74) is 1.39. The maximum Gasteiger partial charge on any atom is 0.295 e. The predicted octanol–water partition coefficient (Wildman–Crippen LogP) is 3.81. The molecule has 0 atom stereocenters. The molecule has 0 amide bonds. The van der Waals surface area contributed by atoms with Crippen LogP contribution >= 0.6 is 0 Å². The average Bonchev–Trinajstić information content (AvgIpc) is 2.68. The van der Waals surface area contributed by atoms with Crippen LogP contribution in [-0.4, -0.2) is 6.61 Å². The lowest BCUT2D eigenvalue weighted by atomic mass is 10.2. The Morgan fingerprint density at radius 1 is 1.00 bits per heavy atom. The Morgan fingerprint density at radius 2 is 1.67 bits per heavy atom. The van der Waals surface area contributed by atoms with Gasteiger partial charge in [-0.05, 0) is 11.6 Å². The zero-order chi connectivity index (χ0) is 18.2. The molecule has 1 N–H and O–H groups in total. The normalized spacial score (nSPS) is 8.46. The van der Waals surface area contributed by atoms with E-state index in [1.54, 1.807) is 23.4 Å². The molecule has 0 spiro atoms. The van der Waals surface area contributed by atoms with Gasteiger partial charge in [0.05, 0.1) is 0 Å². The molecule has 4 nitrogen and oxygen atoms in total. The second-order valence-corrected chi connectivity index (χ2v) is 4.03. The number of terminal acetylenes is 1. The van der Waals surface area contributed by atoms with Crippen molar-refractivity contribution in [2.75, 3.05) is 6.61 Å². The van der Waals surface area contributed by atoms with Gasteiger partial charge in [0, 0.05) is 22.2 Å². The Hall–Kier alpha value is -2.80. The highest BCUT2D eigenvalue weighted by Gasteiger charge is 2.11. The second kappa shape index (κ2) is 13.8. The summed E-state index contributed by atoms with van der Waals surface area (Å²) in [7, 11) is 0. The number of nitrogens with one attached hydrogen (secondary N) is 1. The van der Waals surface area contributed by atoms with Gasteiger partial charge in [-0.25, -0.2) is 0 Å². The Morgan fingerprint density at radius 3 is 2.25 bits per heavy atom. The van der Waals surface area contributed by atoms with Gasteiger partial charge in [-0.1, -0.05) is 63.9 Å². The minimum atomic E-state index is 0.0941. The number of rotatable bonds is 6. The van der Waals surface area contributed by atoms with E-state index in [-0.39, 0.29) is 6.61 Å². The van der Waals surface area contributed by atoms with Crippen LogP contribution in [0.1, 0.15) is 33.3 Å². The van der Waals surface area contributed by atoms with Gasteiger partial charge in [-0.2, -0.15) is 0 Å². The molecule has 2 aromatic rings. The zero-order valence-corrected chi connectivity index (χ0v) is 14.8. The molecule has 0 heterocycles. The lowest BCUT2D eigenvalue weighted by molar-refractivity contribution is -0.380. The minimum Gasteiger partial charge on any atom is -0.489 e. The Kier molecular flexibility index (Phi) is 12.2. The lowest BCUT2D eigenvalue weighted by Gasteiger charge is -2.08. The molecule has 2 rings (SSSR count). The van der Waals surface area contributed by atoms with Crippen LogP contribution < -0.4 is 14.7 Å². The largest absolute Gasteiger partial charge is 0.489 e. The second-order valence-electron chi connectivity index (χ2n) is 4.03. The summed E-state index contributed by atoms with van der Waals surface area (Å²) in [6.45, 7) is 8.54. The quantitative estimate of drug-likeness (QED) is 0.820. The van der Waals surface area contributed by atoms with E-state index < -0.39 is 0 Å². The highest BCUT2D eigenvalue weighted by atomic mass is 16.5. The first-order valence-corrected chi connectivity index (χ1v) is 8.08. The van der Waals surface area contributed by atoms with Crippen molar-refractivity contribution in [1.29, 1.82) is 0 Å². The average molecular weight is 328 g/mol. The first-order chi connectivity index (χ1) is 11.8. The number of ether oxygens (including phenoxy) is 2. The fraction of sp³-hybridized carbons (Fsp3) is 0.300. The molecule has 0 unspecified atom stereocenters. The van der Waals surface area contributed by atoms with Crippen molar-refractivity contribution < 1.29 is 14.7 Å². The van der Waals surface area contributed by atoms with Crippen molar-refractivity contribution in [1.82, 2.24) is 0 Å². The van der Waals surface area contributed by atoms with E-state index in [1.807, 2.05) is 58.0 Å². The lowest BCUT2D eigenvalue weighted by Crippen LogP contribution is -2.55. The van der Waals surface area contributed by atoms with Crippen LogP contribution in [0.25, 0.3) is 0 Å². The maximum atomic E-state index is 10.8. The third-order valence-corrected chi connectivity index (χ3v) is 2.62. The molecule has 0 fully saturated rings. The molecule has 4 heteroatoms. The molecular formula is C20H26NO3+. The summed E-state index contributed by atoms with van der Waals surface area (Å²) in [6.07, 6.45) is 5.14. The third-order valence-electron chi connectivity index (χ3n) is 2.62. The fourth-order valence-electron chi connectivity index (χ4n) is 1.66. The van der Waals surface area contributed by atoms with Gasteiger partial charge in [-0.3, -0.25) is 0 Å². The Bertz CT molecular complexity index is 619. The van der Waals surface area contributed by atoms with Crippen LogP contribution in [0.5, 0.6) is 11.5 Å². The van der Waals surface area contributed by atoms with E-state index in [4.69, 9.17) is 15.9 Å². The SMILES string of the molecule is C#CCOc1cc(OCc2ccccc2)ccc1[NH+]=O.CC.CC. The van der Waals surface area contributed by atoms with Crippen molar-refractivity contribution in [3.8, 4) is 23.8 Å². The molecule has 0 aliphatic carbocycles. The van der Waals surface area contributed by atoms with E-state index in [1.165, 1.54) is 0 Å². The molecule has 0 saturated carbocycles. The summed E-state index contributed by atoms with van der Waals surface area (Å²) in [5, 5.41) is 1.81. The molecular weight excluding hydrogens is 302 g/mol. The molecule has 24 heavy (non-hydrogen) atoms. The van der Waals surface area contributed by atoms with Crippen LogP contribution in [0, 0.1) is 17.3 Å². The van der Waals surface area contributed by atoms with Gasteiger partial charge in [-0.15, -0.1) is 6.42 Å². The van der Waals surface area contributed by atoms with E-state index in [2.05, 4.69) is 5.92 Å². The van der Waals surface area contributed by atoms with Gasteiger partial charge >= 0.3 is 0 Å². The first-order valence-electron chi connectivity index (χ1n) is 8.08. The van der Waals surface area contributed by atoms with Gasteiger partial charge in [0.2, 0.25) is 0 Å². The van der Waals surface area contributed by atoms with Gasteiger partial charge in [0.25, 0.3) is 5.69 Å². The highest BCUT2D eigenvalue weighted by Crippen LogP contribution is 2.26. The van der Waals surface area contributed by atoms with E-state index in [0.717, 1.165) is 5.56 Å². The molecule has 0 radical (unpaired) electrons. The number of nitroso groups, excluding NO2 is 1. The number of hydrogen-bond donors (Lipinski definition) is 1. The standard InChI is InChI=1S/C16H13NO3.2C2H6/c1-2-10-19-16-11-14(8-9-15(16)17-18)20-12-13-6-4-3-5-7-13;2*1-2/h1,3-9,11H,10,12H2;2*1-2H3/p+1. The predicted molar refractivity (Wildman–Crippen MR) is 98.2 cm³/mol. The summed E-state index contributed by atoms with van der Waals surface area (Å²) >= 11 is 0. The van der Waals surface area contributed by atoms with Gasteiger partial charge in [0.15, 0.2) is 5.75 Å². The Balaban J connectivity index is 0.00000123. The molecule has 0 aliphatic rings. The number of hydrogen-bond acceptors (Lipinski definition) is 3. The molecule has 0 aliphatic heterocycles. The third kappa shape index (κ3) is 7.46. The molecule has 128 valence electrons.